The Morgan fingerprint density at radius 2 is 1.71 bits per heavy atom. The predicted octanol–water partition coefficient (Wildman–Crippen LogP) is 1.13. The van der Waals surface area contributed by atoms with Crippen LogP contribution in [0.15, 0.2) is 24.3 Å². The molecule has 1 N–H and O–H groups in total. The molecule has 0 aromatic heterocycles. The first-order valence-corrected chi connectivity index (χ1v) is 7.52. The Hall–Kier alpha value is -1.72. The van der Waals surface area contributed by atoms with E-state index in [1.54, 1.807) is 24.3 Å². The minimum absolute atomic E-state index is 0.156. The lowest BCUT2D eigenvalue weighted by Gasteiger charge is -2.22. The Morgan fingerprint density at radius 1 is 1.10 bits per heavy atom. The second-order valence-electron chi connectivity index (χ2n) is 5.65. The minimum Gasteiger partial charge on any atom is -0.395 e. The number of fused-ring (bicyclic) bond motifs is 1. The molecule has 0 radical (unpaired) electrons. The largest absolute Gasteiger partial charge is 0.395 e. The highest BCUT2D eigenvalue weighted by Crippen LogP contribution is 2.27. The lowest BCUT2D eigenvalue weighted by molar-refractivity contribution is 0.0645. The Morgan fingerprint density at radius 3 is 2.24 bits per heavy atom. The van der Waals surface area contributed by atoms with Crippen molar-refractivity contribution in [2.75, 3.05) is 26.2 Å². The van der Waals surface area contributed by atoms with E-state index in [0.717, 1.165) is 13.0 Å². The van der Waals surface area contributed by atoms with Crippen molar-refractivity contribution in [1.82, 2.24) is 9.80 Å². The molecule has 1 aliphatic heterocycles. The average molecular weight is 288 g/mol. The molecule has 1 aromatic carbocycles. The highest BCUT2D eigenvalue weighted by atomic mass is 16.3. The number of hydrogen-bond donors (Lipinski definition) is 1. The smallest absolute Gasteiger partial charge is 0.261 e. The molecule has 21 heavy (non-hydrogen) atoms. The third kappa shape index (κ3) is 2.84. The van der Waals surface area contributed by atoms with Crippen molar-refractivity contribution >= 4 is 11.8 Å². The van der Waals surface area contributed by atoms with Crippen LogP contribution in [0.1, 0.15) is 40.0 Å². The molecule has 1 aromatic rings. The number of benzene rings is 1. The number of nitrogens with zero attached hydrogens (tertiary/aromatic N) is 2. The lowest BCUT2D eigenvalue weighted by atomic mass is 10.1. The van der Waals surface area contributed by atoms with Gasteiger partial charge in [-0.05, 0) is 31.4 Å². The number of hydrogen-bond acceptors (Lipinski definition) is 4. The van der Waals surface area contributed by atoms with Crippen molar-refractivity contribution in [3.05, 3.63) is 35.4 Å². The van der Waals surface area contributed by atoms with Gasteiger partial charge in [0.1, 0.15) is 0 Å². The molecule has 2 aliphatic rings. The Kier molecular flexibility index (Phi) is 4.03. The van der Waals surface area contributed by atoms with Crippen molar-refractivity contribution in [2.45, 2.75) is 25.3 Å². The number of amides is 2. The summed E-state index contributed by atoms with van der Waals surface area (Å²) in [5, 5.41) is 9.07. The van der Waals surface area contributed by atoms with Crippen LogP contribution in [-0.4, -0.2) is 59.0 Å². The van der Waals surface area contributed by atoms with Gasteiger partial charge in [0.05, 0.1) is 17.7 Å². The molecule has 0 bridgehead atoms. The molecule has 1 aliphatic carbocycles. The molecular weight excluding hydrogens is 268 g/mol. The maximum Gasteiger partial charge on any atom is 0.261 e. The topological polar surface area (TPSA) is 60.9 Å². The maximum atomic E-state index is 12.2. The number of carbonyl (C=O) groups excluding carboxylic acids is 2. The first kappa shape index (κ1) is 14.2. The molecule has 3 rings (SSSR count). The van der Waals surface area contributed by atoms with Crippen LogP contribution in [0.2, 0.25) is 0 Å². The first-order valence-electron chi connectivity index (χ1n) is 7.52. The molecule has 0 unspecified atom stereocenters. The number of carbonyl (C=O) groups is 2. The summed E-state index contributed by atoms with van der Waals surface area (Å²) in [6, 6.07) is 7.56. The van der Waals surface area contributed by atoms with Crippen LogP contribution in [0.4, 0.5) is 0 Å². The molecule has 1 fully saturated rings. The predicted molar refractivity (Wildman–Crippen MR) is 78.1 cm³/mol. The molecule has 1 heterocycles. The normalized spacial score (nSPS) is 17.7. The standard InChI is InChI=1S/C16H20N2O3/c19-11-10-17(12-6-7-12)8-3-9-18-15(20)13-4-1-2-5-14(13)16(18)21/h1-2,4-5,12,19H,3,6-11H2. The van der Waals surface area contributed by atoms with Crippen LogP contribution in [0.3, 0.4) is 0 Å². The zero-order valence-electron chi connectivity index (χ0n) is 12.0. The van der Waals surface area contributed by atoms with E-state index < -0.39 is 0 Å². The van der Waals surface area contributed by atoms with Gasteiger partial charge in [-0.3, -0.25) is 19.4 Å². The van der Waals surface area contributed by atoms with Crippen LogP contribution in [0, 0.1) is 0 Å². The van der Waals surface area contributed by atoms with Crippen molar-refractivity contribution in [1.29, 1.82) is 0 Å². The Bertz CT molecular complexity index is 519. The highest BCUT2D eigenvalue weighted by molar-refractivity contribution is 6.21. The maximum absolute atomic E-state index is 12.2. The second kappa shape index (κ2) is 5.95. The molecule has 5 heteroatoms. The van der Waals surface area contributed by atoms with Crippen molar-refractivity contribution in [3.8, 4) is 0 Å². The van der Waals surface area contributed by atoms with Crippen LogP contribution in [0.25, 0.3) is 0 Å². The number of rotatable bonds is 7. The number of aliphatic hydroxyl groups is 1. The molecule has 1 saturated carbocycles. The van der Waals surface area contributed by atoms with Gasteiger partial charge in [-0.25, -0.2) is 0 Å². The van der Waals surface area contributed by atoms with Gasteiger partial charge in [0.2, 0.25) is 0 Å². The summed E-state index contributed by atoms with van der Waals surface area (Å²) in [4.78, 5) is 28.0. The van der Waals surface area contributed by atoms with Gasteiger partial charge in [0.15, 0.2) is 0 Å². The highest BCUT2D eigenvalue weighted by Gasteiger charge is 2.35. The van der Waals surface area contributed by atoms with E-state index in [-0.39, 0.29) is 18.4 Å². The van der Waals surface area contributed by atoms with Crippen molar-refractivity contribution in [3.63, 3.8) is 0 Å². The second-order valence-corrected chi connectivity index (χ2v) is 5.65. The van der Waals surface area contributed by atoms with Crippen molar-refractivity contribution < 1.29 is 14.7 Å². The van der Waals surface area contributed by atoms with Crippen LogP contribution in [0.5, 0.6) is 0 Å². The third-order valence-electron chi connectivity index (χ3n) is 4.16. The molecule has 112 valence electrons. The SMILES string of the molecule is O=C1c2ccccc2C(=O)N1CCCN(CCO)C1CC1. The summed E-state index contributed by atoms with van der Waals surface area (Å²) in [7, 11) is 0. The van der Waals surface area contributed by atoms with E-state index in [2.05, 4.69) is 4.90 Å². The molecule has 0 spiro atoms. The minimum atomic E-state index is -0.185. The summed E-state index contributed by atoms with van der Waals surface area (Å²) in [5.74, 6) is -0.369. The Balaban J connectivity index is 1.57. The van der Waals surface area contributed by atoms with Gasteiger partial charge in [-0.1, -0.05) is 12.1 Å². The van der Waals surface area contributed by atoms with Crippen LogP contribution < -0.4 is 0 Å². The van der Waals surface area contributed by atoms with Gasteiger partial charge in [-0.15, -0.1) is 0 Å². The molecular formula is C16H20N2O3. The van der Waals surface area contributed by atoms with Gasteiger partial charge in [0, 0.05) is 25.7 Å². The van der Waals surface area contributed by atoms with E-state index in [1.165, 1.54) is 17.7 Å². The first-order chi connectivity index (χ1) is 10.2. The van der Waals surface area contributed by atoms with Crippen LogP contribution in [-0.2, 0) is 0 Å². The van der Waals surface area contributed by atoms with Crippen molar-refractivity contribution in [2.24, 2.45) is 0 Å². The summed E-state index contributed by atoms with van der Waals surface area (Å²) in [6.07, 6.45) is 3.13. The summed E-state index contributed by atoms with van der Waals surface area (Å²) in [6.45, 7) is 2.09. The summed E-state index contributed by atoms with van der Waals surface area (Å²) >= 11 is 0. The van der Waals surface area contributed by atoms with Gasteiger partial charge in [-0.2, -0.15) is 0 Å². The van der Waals surface area contributed by atoms with E-state index in [0.29, 0.717) is 30.3 Å². The van der Waals surface area contributed by atoms with Gasteiger partial charge < -0.3 is 5.11 Å². The molecule has 0 atom stereocenters. The summed E-state index contributed by atoms with van der Waals surface area (Å²) < 4.78 is 0. The summed E-state index contributed by atoms with van der Waals surface area (Å²) in [5.41, 5.74) is 1.02. The lowest BCUT2D eigenvalue weighted by Crippen LogP contribution is -2.35. The van der Waals surface area contributed by atoms with Gasteiger partial charge >= 0.3 is 0 Å². The molecule has 2 amide bonds. The zero-order valence-corrected chi connectivity index (χ0v) is 12.0. The fourth-order valence-electron chi connectivity index (χ4n) is 2.92. The average Bonchev–Trinajstić information content (AvgIpc) is 3.31. The van der Waals surface area contributed by atoms with E-state index in [9.17, 15) is 9.59 Å². The molecule has 5 nitrogen and oxygen atoms in total. The number of aliphatic hydroxyl groups excluding tert-OH is 1. The fourth-order valence-corrected chi connectivity index (χ4v) is 2.92. The van der Waals surface area contributed by atoms with E-state index in [1.807, 2.05) is 0 Å². The quantitative estimate of drug-likeness (QED) is 0.764. The monoisotopic (exact) mass is 288 g/mol. The third-order valence-corrected chi connectivity index (χ3v) is 4.16. The van der Waals surface area contributed by atoms with Gasteiger partial charge in [0.25, 0.3) is 11.8 Å². The van der Waals surface area contributed by atoms with E-state index in [4.69, 9.17) is 5.11 Å². The number of imide groups is 1. The molecule has 0 saturated heterocycles. The van der Waals surface area contributed by atoms with E-state index >= 15 is 0 Å². The Labute approximate surface area is 124 Å². The fraction of sp³-hybridized carbons (Fsp3) is 0.500. The zero-order chi connectivity index (χ0) is 14.8. The van der Waals surface area contributed by atoms with Crippen LogP contribution >= 0.6 is 0 Å².